The fourth-order valence-corrected chi connectivity index (χ4v) is 3.79. The van der Waals surface area contributed by atoms with Crippen molar-refractivity contribution in [1.82, 2.24) is 4.90 Å². The maximum atomic E-state index is 12.3. The molecule has 0 aromatic carbocycles. The summed E-state index contributed by atoms with van der Waals surface area (Å²) in [6.07, 6.45) is 5.02. The summed E-state index contributed by atoms with van der Waals surface area (Å²) in [4.78, 5) is 36.2. The highest BCUT2D eigenvalue weighted by Gasteiger charge is 2.39. The van der Waals surface area contributed by atoms with Gasteiger partial charge in [0.15, 0.2) is 7.85 Å². The van der Waals surface area contributed by atoms with Crippen molar-refractivity contribution < 1.29 is 14.4 Å². The second-order valence-corrected chi connectivity index (χ2v) is 6.94. The van der Waals surface area contributed by atoms with Gasteiger partial charge in [-0.1, -0.05) is 20.3 Å². The Morgan fingerprint density at radius 1 is 1.29 bits per heavy atom. The predicted octanol–water partition coefficient (Wildman–Crippen LogP) is 2.29. The number of amides is 2. The van der Waals surface area contributed by atoms with Crippen molar-refractivity contribution in [1.29, 1.82) is 0 Å². The number of imide groups is 1. The van der Waals surface area contributed by atoms with E-state index in [-0.39, 0.29) is 22.7 Å². The smallest absolute Gasteiger partial charge is 0.242 e. The molecule has 0 saturated carbocycles. The number of likely N-dealkylation sites (tertiary alicyclic amines) is 1. The van der Waals surface area contributed by atoms with Crippen LogP contribution in [0.3, 0.4) is 0 Å². The molecule has 0 bridgehead atoms. The van der Waals surface area contributed by atoms with E-state index in [4.69, 9.17) is 7.85 Å². The zero-order valence-corrected chi connectivity index (χ0v) is 13.8. The molecular formula is C15H24BNO3S. The third-order valence-corrected chi connectivity index (χ3v) is 5.52. The Kier molecular flexibility index (Phi) is 8.08. The molecule has 21 heavy (non-hydrogen) atoms. The van der Waals surface area contributed by atoms with E-state index in [1.165, 1.54) is 4.90 Å². The highest BCUT2D eigenvalue weighted by molar-refractivity contribution is 8.01. The van der Waals surface area contributed by atoms with Crippen LogP contribution in [0.15, 0.2) is 0 Å². The molecule has 116 valence electrons. The summed E-state index contributed by atoms with van der Waals surface area (Å²) >= 11 is 1.64. The van der Waals surface area contributed by atoms with Crippen molar-refractivity contribution >= 4 is 37.1 Å². The number of thioether (sulfide) groups is 1. The lowest BCUT2D eigenvalue weighted by Crippen LogP contribution is -2.32. The van der Waals surface area contributed by atoms with Crippen LogP contribution in [0, 0.1) is 0 Å². The minimum Gasteiger partial charge on any atom is -0.313 e. The molecule has 0 aliphatic carbocycles. The molecule has 2 amide bonds. The molecule has 0 spiro atoms. The summed E-state index contributed by atoms with van der Waals surface area (Å²) < 4.78 is 0. The standard InChI is InChI=1S/C15H24BNO3S/c1-3-11(4-2)21-12-10-14(19)17(15(12)20)9-7-5-6-8-13(16)18/h11-12H,3-10H2,1-2H3. The molecular weight excluding hydrogens is 285 g/mol. The van der Waals surface area contributed by atoms with Gasteiger partial charge in [-0.05, 0) is 32.1 Å². The lowest BCUT2D eigenvalue weighted by Gasteiger charge is -2.17. The number of carbonyl (C=O) groups excluding carboxylic acids is 3. The average Bonchev–Trinajstić information content (AvgIpc) is 2.71. The van der Waals surface area contributed by atoms with Gasteiger partial charge in [0.05, 0.1) is 10.9 Å². The molecule has 4 nitrogen and oxygen atoms in total. The van der Waals surface area contributed by atoms with E-state index in [1.807, 2.05) is 0 Å². The van der Waals surface area contributed by atoms with Crippen LogP contribution < -0.4 is 0 Å². The Hall–Kier alpha value is -0.775. The third kappa shape index (κ3) is 5.85. The van der Waals surface area contributed by atoms with Crippen LogP contribution in [0.1, 0.15) is 58.8 Å². The van der Waals surface area contributed by atoms with Crippen molar-refractivity contribution in [2.75, 3.05) is 6.54 Å². The number of hydrogen-bond donors (Lipinski definition) is 0. The van der Waals surface area contributed by atoms with Crippen LogP contribution in [0.25, 0.3) is 0 Å². The van der Waals surface area contributed by atoms with Gasteiger partial charge >= 0.3 is 0 Å². The molecule has 6 heteroatoms. The van der Waals surface area contributed by atoms with Crippen LogP contribution in [0.5, 0.6) is 0 Å². The summed E-state index contributed by atoms with van der Waals surface area (Å²) in [7, 11) is 5.07. The number of hydrogen-bond acceptors (Lipinski definition) is 4. The molecule has 1 rings (SSSR count). The first-order chi connectivity index (χ1) is 9.99. The van der Waals surface area contributed by atoms with E-state index in [0.29, 0.717) is 24.6 Å². The van der Waals surface area contributed by atoms with E-state index < -0.39 is 0 Å². The van der Waals surface area contributed by atoms with E-state index >= 15 is 0 Å². The zero-order chi connectivity index (χ0) is 15.8. The van der Waals surface area contributed by atoms with Gasteiger partial charge in [0.2, 0.25) is 11.8 Å². The highest BCUT2D eigenvalue weighted by Crippen LogP contribution is 2.31. The van der Waals surface area contributed by atoms with Gasteiger partial charge in [0.1, 0.15) is 0 Å². The zero-order valence-electron chi connectivity index (χ0n) is 13.0. The molecule has 0 aromatic rings. The third-order valence-electron chi connectivity index (χ3n) is 3.77. The van der Waals surface area contributed by atoms with Gasteiger partial charge in [-0.2, -0.15) is 0 Å². The SMILES string of the molecule is [B]C(=O)CCCCCN1C(=O)CC(SC(CC)CC)C1=O. The summed E-state index contributed by atoms with van der Waals surface area (Å²) in [6.45, 7) is 4.69. The van der Waals surface area contributed by atoms with E-state index in [0.717, 1.165) is 32.1 Å². The highest BCUT2D eigenvalue weighted by atomic mass is 32.2. The van der Waals surface area contributed by atoms with Crippen molar-refractivity contribution in [2.24, 2.45) is 0 Å². The van der Waals surface area contributed by atoms with Crippen molar-refractivity contribution in [2.45, 2.75) is 69.3 Å². The monoisotopic (exact) mass is 309 g/mol. The summed E-state index contributed by atoms with van der Waals surface area (Å²) in [6, 6.07) is 0. The first-order valence-electron chi connectivity index (χ1n) is 7.77. The lowest BCUT2D eigenvalue weighted by molar-refractivity contribution is -0.138. The number of nitrogens with zero attached hydrogens (tertiary/aromatic N) is 1. The maximum Gasteiger partial charge on any atom is 0.242 e. The summed E-state index contributed by atoms with van der Waals surface area (Å²) in [5.41, 5.74) is -0.301. The Morgan fingerprint density at radius 3 is 2.52 bits per heavy atom. The van der Waals surface area contributed by atoms with Gasteiger partial charge in [0.25, 0.3) is 0 Å². The Bertz CT molecular complexity index is 385. The molecule has 1 unspecified atom stereocenters. The van der Waals surface area contributed by atoms with E-state index in [2.05, 4.69) is 13.8 Å². The van der Waals surface area contributed by atoms with Crippen molar-refractivity contribution in [3.63, 3.8) is 0 Å². The normalized spacial score (nSPS) is 18.8. The molecule has 1 atom stereocenters. The fourth-order valence-electron chi connectivity index (χ4n) is 2.45. The minimum atomic E-state index is -0.301. The largest absolute Gasteiger partial charge is 0.313 e. The van der Waals surface area contributed by atoms with Crippen LogP contribution in [-0.2, 0) is 14.4 Å². The average molecular weight is 309 g/mol. The number of rotatable bonds is 10. The lowest BCUT2D eigenvalue weighted by atomic mass is 9.97. The van der Waals surface area contributed by atoms with E-state index in [9.17, 15) is 14.4 Å². The van der Waals surface area contributed by atoms with Crippen LogP contribution in [0.4, 0.5) is 0 Å². The second-order valence-electron chi connectivity index (χ2n) is 5.43. The molecule has 1 heterocycles. The molecule has 1 aliphatic rings. The fraction of sp³-hybridized carbons (Fsp3) is 0.800. The van der Waals surface area contributed by atoms with Gasteiger partial charge in [0, 0.05) is 18.2 Å². The van der Waals surface area contributed by atoms with Gasteiger partial charge in [-0.25, -0.2) is 0 Å². The molecule has 2 radical (unpaired) electrons. The topological polar surface area (TPSA) is 54.5 Å². The molecule has 1 saturated heterocycles. The van der Waals surface area contributed by atoms with Gasteiger partial charge in [-0.15, -0.1) is 11.8 Å². The van der Waals surface area contributed by atoms with Crippen LogP contribution >= 0.6 is 11.8 Å². The molecule has 0 aromatic heterocycles. The molecule has 1 fully saturated rings. The van der Waals surface area contributed by atoms with Crippen LogP contribution in [-0.4, -0.2) is 47.3 Å². The van der Waals surface area contributed by atoms with Gasteiger partial charge in [-0.3, -0.25) is 14.5 Å². The second kappa shape index (κ2) is 9.28. The quantitative estimate of drug-likeness (QED) is 0.353. The van der Waals surface area contributed by atoms with E-state index in [1.54, 1.807) is 11.8 Å². The summed E-state index contributed by atoms with van der Waals surface area (Å²) in [5, 5.41) is 0.246. The van der Waals surface area contributed by atoms with Crippen LogP contribution in [0.2, 0.25) is 0 Å². The Morgan fingerprint density at radius 2 is 1.95 bits per heavy atom. The predicted molar refractivity (Wildman–Crippen MR) is 86.3 cm³/mol. The Balaban J connectivity index is 2.37. The number of carbonyl (C=O) groups is 3. The molecule has 0 N–H and O–H groups in total. The minimum absolute atomic E-state index is 0.0354. The first kappa shape index (κ1) is 18.3. The maximum absolute atomic E-state index is 12.3. The van der Waals surface area contributed by atoms with Crippen molar-refractivity contribution in [3.05, 3.63) is 0 Å². The van der Waals surface area contributed by atoms with Gasteiger partial charge < -0.3 is 4.79 Å². The summed E-state index contributed by atoms with van der Waals surface area (Å²) in [5.74, 6) is -0.0924. The first-order valence-corrected chi connectivity index (χ1v) is 8.71. The Labute approximate surface area is 132 Å². The molecule has 1 aliphatic heterocycles. The van der Waals surface area contributed by atoms with Crippen molar-refractivity contribution in [3.8, 4) is 0 Å². The number of unbranched alkanes of at least 4 members (excludes halogenated alkanes) is 2.